The van der Waals surface area contributed by atoms with E-state index in [2.05, 4.69) is 20.3 Å². The van der Waals surface area contributed by atoms with Crippen LogP contribution in [0.5, 0.6) is 6.01 Å². The second-order valence-corrected chi connectivity index (χ2v) is 5.20. The number of hydrogen-bond donors (Lipinski definition) is 1. The molecule has 1 aromatic heterocycles. The number of benzene rings is 1. The standard InChI is InChI=1S/C16H19F4N5O/c1-3-21-13-22-14(25(4-2)11-8-6-5-7-9-11)24-15(23-13)26-10-16(19,20)12(17)18/h5-9,12H,3-4,10H2,1-2H3,(H,21,22,23,24). The molecule has 2 rings (SSSR count). The highest BCUT2D eigenvalue weighted by molar-refractivity contribution is 5.57. The van der Waals surface area contributed by atoms with Crippen LogP contribution in [0.15, 0.2) is 30.3 Å². The Kier molecular flexibility index (Phi) is 6.53. The number of para-hydroxylation sites is 1. The molecule has 0 aliphatic carbocycles. The van der Waals surface area contributed by atoms with Gasteiger partial charge in [-0.3, -0.25) is 0 Å². The first kappa shape index (κ1) is 19.7. The number of hydrogen-bond acceptors (Lipinski definition) is 6. The summed E-state index contributed by atoms with van der Waals surface area (Å²) in [7, 11) is 0. The monoisotopic (exact) mass is 373 g/mol. The van der Waals surface area contributed by atoms with Crippen molar-refractivity contribution in [2.24, 2.45) is 0 Å². The third-order valence-corrected chi connectivity index (χ3v) is 3.28. The van der Waals surface area contributed by atoms with E-state index in [1.165, 1.54) is 0 Å². The molecule has 0 saturated carbocycles. The van der Waals surface area contributed by atoms with Crippen LogP contribution in [0.25, 0.3) is 0 Å². The summed E-state index contributed by atoms with van der Waals surface area (Å²) in [5.41, 5.74) is 0.771. The van der Waals surface area contributed by atoms with Crippen LogP contribution < -0.4 is 15.0 Å². The molecular weight excluding hydrogens is 354 g/mol. The topological polar surface area (TPSA) is 63.2 Å². The minimum absolute atomic E-state index is 0.0993. The van der Waals surface area contributed by atoms with Crippen LogP contribution >= 0.6 is 0 Å². The highest BCUT2D eigenvalue weighted by Crippen LogP contribution is 2.26. The Morgan fingerprint density at radius 2 is 1.81 bits per heavy atom. The van der Waals surface area contributed by atoms with Gasteiger partial charge in [0.25, 0.3) is 0 Å². The van der Waals surface area contributed by atoms with Gasteiger partial charge in [0.15, 0.2) is 6.61 Å². The average molecular weight is 373 g/mol. The zero-order valence-electron chi connectivity index (χ0n) is 14.3. The minimum Gasteiger partial charge on any atom is -0.457 e. The summed E-state index contributed by atoms with van der Waals surface area (Å²) in [5, 5.41) is 2.83. The van der Waals surface area contributed by atoms with E-state index in [9.17, 15) is 17.6 Å². The van der Waals surface area contributed by atoms with Crippen molar-refractivity contribution in [1.82, 2.24) is 15.0 Å². The van der Waals surface area contributed by atoms with E-state index in [0.29, 0.717) is 13.1 Å². The molecule has 0 fully saturated rings. The number of nitrogens with zero attached hydrogens (tertiary/aromatic N) is 4. The van der Waals surface area contributed by atoms with Gasteiger partial charge in [0.1, 0.15) is 0 Å². The molecular formula is C16H19F4N5O. The lowest BCUT2D eigenvalue weighted by atomic mass is 10.3. The van der Waals surface area contributed by atoms with Crippen molar-refractivity contribution in [3.05, 3.63) is 30.3 Å². The maximum Gasteiger partial charge on any atom is 0.340 e. The van der Waals surface area contributed by atoms with Gasteiger partial charge in [-0.1, -0.05) is 18.2 Å². The summed E-state index contributed by atoms with van der Waals surface area (Å²) < 4.78 is 55.5. The summed E-state index contributed by atoms with van der Waals surface area (Å²) in [6.07, 6.45) is -3.84. The first-order valence-electron chi connectivity index (χ1n) is 7.98. The highest BCUT2D eigenvalue weighted by atomic mass is 19.3. The lowest BCUT2D eigenvalue weighted by Crippen LogP contribution is -2.34. The lowest BCUT2D eigenvalue weighted by Gasteiger charge is -2.22. The molecule has 1 heterocycles. The summed E-state index contributed by atoms with van der Waals surface area (Å²) in [6, 6.07) is 8.68. The van der Waals surface area contributed by atoms with E-state index in [1.807, 2.05) is 37.3 Å². The second-order valence-electron chi connectivity index (χ2n) is 5.20. The number of rotatable bonds is 9. The van der Waals surface area contributed by atoms with Gasteiger partial charge in [-0.25, -0.2) is 8.78 Å². The molecule has 0 radical (unpaired) electrons. The quantitative estimate of drug-likeness (QED) is 0.676. The molecule has 142 valence electrons. The molecule has 0 aliphatic heterocycles. The number of anilines is 3. The van der Waals surface area contributed by atoms with E-state index >= 15 is 0 Å². The lowest BCUT2D eigenvalue weighted by molar-refractivity contribution is -0.149. The first-order valence-corrected chi connectivity index (χ1v) is 7.98. The molecule has 1 aromatic carbocycles. The molecule has 0 aliphatic rings. The van der Waals surface area contributed by atoms with Gasteiger partial charge in [0, 0.05) is 18.8 Å². The highest BCUT2D eigenvalue weighted by Gasteiger charge is 2.42. The van der Waals surface area contributed by atoms with Crippen LogP contribution in [0.2, 0.25) is 0 Å². The van der Waals surface area contributed by atoms with Crippen LogP contribution in [-0.2, 0) is 0 Å². The number of alkyl halides is 4. The molecule has 0 saturated heterocycles. The van der Waals surface area contributed by atoms with Gasteiger partial charge >= 0.3 is 18.4 Å². The zero-order chi connectivity index (χ0) is 19.2. The minimum atomic E-state index is -4.30. The molecule has 0 atom stereocenters. The van der Waals surface area contributed by atoms with Crippen molar-refractivity contribution in [1.29, 1.82) is 0 Å². The Morgan fingerprint density at radius 1 is 1.12 bits per heavy atom. The molecule has 6 nitrogen and oxygen atoms in total. The van der Waals surface area contributed by atoms with Crippen LogP contribution in [0.4, 0.5) is 35.1 Å². The predicted molar refractivity (Wildman–Crippen MR) is 89.6 cm³/mol. The molecule has 0 amide bonds. The van der Waals surface area contributed by atoms with E-state index in [4.69, 9.17) is 4.74 Å². The molecule has 0 bridgehead atoms. The maximum atomic E-state index is 13.1. The van der Waals surface area contributed by atoms with E-state index < -0.39 is 25.0 Å². The maximum absolute atomic E-state index is 13.1. The van der Waals surface area contributed by atoms with Gasteiger partial charge in [0.05, 0.1) is 0 Å². The fourth-order valence-corrected chi connectivity index (χ4v) is 2.04. The van der Waals surface area contributed by atoms with Crippen molar-refractivity contribution in [2.75, 3.05) is 29.9 Å². The molecule has 2 aromatic rings. The Morgan fingerprint density at radius 3 is 2.38 bits per heavy atom. The normalized spacial score (nSPS) is 11.5. The van der Waals surface area contributed by atoms with E-state index in [0.717, 1.165) is 5.69 Å². The second kappa shape index (κ2) is 8.63. The fourth-order valence-electron chi connectivity index (χ4n) is 2.04. The van der Waals surface area contributed by atoms with Gasteiger partial charge in [-0.15, -0.1) is 0 Å². The summed E-state index contributed by atoms with van der Waals surface area (Å²) >= 11 is 0. The van der Waals surface area contributed by atoms with E-state index in [1.54, 1.807) is 11.8 Å². The Hall–Kier alpha value is -2.65. The van der Waals surface area contributed by atoms with Crippen molar-refractivity contribution < 1.29 is 22.3 Å². The Balaban J connectivity index is 2.32. The van der Waals surface area contributed by atoms with Crippen LogP contribution in [0, 0.1) is 0 Å². The zero-order valence-corrected chi connectivity index (χ0v) is 14.3. The summed E-state index contributed by atoms with van der Waals surface area (Å²) in [4.78, 5) is 13.8. The predicted octanol–water partition coefficient (Wildman–Crippen LogP) is 3.74. The molecule has 26 heavy (non-hydrogen) atoms. The fraction of sp³-hybridized carbons (Fsp3) is 0.438. The van der Waals surface area contributed by atoms with Crippen molar-refractivity contribution in [2.45, 2.75) is 26.2 Å². The van der Waals surface area contributed by atoms with Gasteiger partial charge in [0.2, 0.25) is 11.9 Å². The summed E-state index contributed by atoms with van der Waals surface area (Å²) in [5.74, 6) is -4.04. The third-order valence-electron chi connectivity index (χ3n) is 3.28. The Labute approximate surface area is 148 Å². The van der Waals surface area contributed by atoms with Crippen molar-refractivity contribution in [3.8, 4) is 6.01 Å². The molecule has 0 unspecified atom stereocenters. The Bertz CT molecular complexity index is 702. The largest absolute Gasteiger partial charge is 0.457 e. The number of nitrogens with one attached hydrogen (secondary N) is 1. The van der Waals surface area contributed by atoms with Crippen molar-refractivity contribution in [3.63, 3.8) is 0 Å². The van der Waals surface area contributed by atoms with Crippen LogP contribution in [-0.4, -0.2) is 47.0 Å². The van der Waals surface area contributed by atoms with Crippen LogP contribution in [0.1, 0.15) is 13.8 Å². The number of ether oxygens (including phenoxy) is 1. The average Bonchev–Trinajstić information content (AvgIpc) is 2.62. The molecule has 10 heteroatoms. The first-order chi connectivity index (χ1) is 12.4. The molecule has 0 spiro atoms. The van der Waals surface area contributed by atoms with Gasteiger partial charge < -0.3 is 15.0 Å². The molecule has 1 N–H and O–H groups in total. The van der Waals surface area contributed by atoms with Crippen molar-refractivity contribution >= 4 is 17.6 Å². The third kappa shape index (κ3) is 4.93. The number of halogens is 4. The number of aromatic nitrogens is 3. The smallest absolute Gasteiger partial charge is 0.340 e. The SMILES string of the molecule is CCNc1nc(OCC(F)(F)C(F)F)nc(N(CC)c2ccccc2)n1. The summed E-state index contributed by atoms with van der Waals surface area (Å²) in [6.45, 7) is 3.07. The van der Waals surface area contributed by atoms with E-state index in [-0.39, 0.29) is 11.9 Å². The van der Waals surface area contributed by atoms with Gasteiger partial charge in [-0.2, -0.15) is 23.7 Å². The van der Waals surface area contributed by atoms with Gasteiger partial charge in [-0.05, 0) is 26.0 Å². The van der Waals surface area contributed by atoms with Crippen LogP contribution in [0.3, 0.4) is 0 Å².